The number of benzene rings is 2. The van der Waals surface area contributed by atoms with E-state index in [1.807, 2.05) is 6.07 Å². The Hall–Kier alpha value is -1.60. The van der Waals surface area contributed by atoms with Crippen molar-refractivity contribution in [1.29, 1.82) is 0 Å². The van der Waals surface area contributed by atoms with Crippen molar-refractivity contribution in [3.63, 3.8) is 0 Å². The highest BCUT2D eigenvalue weighted by atomic mass is 16.3. The van der Waals surface area contributed by atoms with E-state index in [-0.39, 0.29) is 5.41 Å². The van der Waals surface area contributed by atoms with Gasteiger partial charge in [0.1, 0.15) is 0 Å². The first-order valence-electron chi connectivity index (χ1n) is 8.09. The van der Waals surface area contributed by atoms with E-state index < -0.39 is 6.10 Å². The minimum absolute atomic E-state index is 0.0759. The molecule has 0 aliphatic heterocycles. The van der Waals surface area contributed by atoms with Gasteiger partial charge in [0.2, 0.25) is 0 Å². The first kappa shape index (κ1) is 14.3. The third-order valence-electron chi connectivity index (χ3n) is 4.95. The number of hydrogen-bond acceptors (Lipinski definition) is 1. The average Bonchev–Trinajstić information content (AvgIpc) is 2.48. The standard InChI is InChI=1S/C20H24O/c1-2-7-16-10-12-17(13-11-16)19(21)20(14-6-15-20)18-8-4-3-5-9-18/h3-5,8-13,19,21H,2,6-7,14-15H2,1H3. The van der Waals surface area contributed by atoms with E-state index in [9.17, 15) is 5.11 Å². The molecule has 0 saturated heterocycles. The van der Waals surface area contributed by atoms with E-state index in [0.717, 1.165) is 31.2 Å². The van der Waals surface area contributed by atoms with Crippen LogP contribution in [0.4, 0.5) is 0 Å². The highest BCUT2D eigenvalue weighted by Crippen LogP contribution is 2.52. The molecular formula is C20H24O. The highest BCUT2D eigenvalue weighted by Gasteiger charge is 2.45. The summed E-state index contributed by atoms with van der Waals surface area (Å²) in [5, 5.41) is 11.0. The molecule has 3 rings (SSSR count). The first-order chi connectivity index (χ1) is 10.3. The lowest BCUT2D eigenvalue weighted by molar-refractivity contribution is 0.0268. The Morgan fingerprint density at radius 1 is 1.00 bits per heavy atom. The monoisotopic (exact) mass is 280 g/mol. The fourth-order valence-electron chi connectivity index (χ4n) is 3.52. The Bertz CT molecular complexity index is 567. The number of aliphatic hydroxyl groups excluding tert-OH is 1. The van der Waals surface area contributed by atoms with Crippen molar-refractivity contribution >= 4 is 0 Å². The SMILES string of the molecule is CCCc1ccc(C(O)C2(c3ccccc3)CCC2)cc1. The molecule has 1 saturated carbocycles. The molecule has 1 N–H and O–H groups in total. The van der Waals surface area contributed by atoms with Crippen LogP contribution < -0.4 is 0 Å². The minimum atomic E-state index is -0.399. The van der Waals surface area contributed by atoms with Crippen LogP contribution >= 0.6 is 0 Å². The Morgan fingerprint density at radius 3 is 2.19 bits per heavy atom. The minimum Gasteiger partial charge on any atom is -0.387 e. The van der Waals surface area contributed by atoms with Crippen LogP contribution in [0.1, 0.15) is 55.4 Å². The molecule has 2 aromatic rings. The van der Waals surface area contributed by atoms with E-state index in [1.54, 1.807) is 0 Å². The molecule has 0 spiro atoms. The average molecular weight is 280 g/mol. The van der Waals surface area contributed by atoms with Crippen molar-refractivity contribution in [2.75, 3.05) is 0 Å². The van der Waals surface area contributed by atoms with E-state index >= 15 is 0 Å². The van der Waals surface area contributed by atoms with Crippen LogP contribution in [0.3, 0.4) is 0 Å². The van der Waals surface area contributed by atoms with E-state index in [1.165, 1.54) is 17.5 Å². The summed E-state index contributed by atoms with van der Waals surface area (Å²) < 4.78 is 0. The molecule has 0 bridgehead atoms. The predicted octanol–water partition coefficient (Wildman–Crippen LogP) is 4.79. The summed E-state index contributed by atoms with van der Waals surface area (Å²) in [7, 11) is 0. The van der Waals surface area contributed by atoms with Gasteiger partial charge in [-0.1, -0.05) is 74.4 Å². The summed E-state index contributed by atoms with van der Waals surface area (Å²) in [4.78, 5) is 0. The van der Waals surface area contributed by atoms with Gasteiger partial charge >= 0.3 is 0 Å². The van der Waals surface area contributed by atoms with Gasteiger partial charge < -0.3 is 5.11 Å². The number of aliphatic hydroxyl groups is 1. The van der Waals surface area contributed by atoms with Crippen LogP contribution in [0, 0.1) is 0 Å². The molecule has 1 aliphatic rings. The molecule has 1 unspecified atom stereocenters. The maximum absolute atomic E-state index is 11.0. The van der Waals surface area contributed by atoms with Gasteiger partial charge in [-0.15, -0.1) is 0 Å². The number of rotatable bonds is 5. The van der Waals surface area contributed by atoms with Gasteiger partial charge in [-0.2, -0.15) is 0 Å². The largest absolute Gasteiger partial charge is 0.387 e. The fraction of sp³-hybridized carbons (Fsp3) is 0.400. The lowest BCUT2D eigenvalue weighted by atomic mass is 9.60. The summed E-state index contributed by atoms with van der Waals surface area (Å²) >= 11 is 0. The third kappa shape index (κ3) is 2.63. The van der Waals surface area contributed by atoms with Gasteiger partial charge in [-0.05, 0) is 36.0 Å². The topological polar surface area (TPSA) is 20.2 Å². The second-order valence-corrected chi connectivity index (χ2v) is 6.27. The lowest BCUT2D eigenvalue weighted by Gasteiger charge is -2.46. The fourth-order valence-corrected chi connectivity index (χ4v) is 3.52. The third-order valence-corrected chi connectivity index (χ3v) is 4.95. The van der Waals surface area contributed by atoms with Gasteiger partial charge in [-0.25, -0.2) is 0 Å². The highest BCUT2D eigenvalue weighted by molar-refractivity contribution is 5.35. The van der Waals surface area contributed by atoms with Crippen molar-refractivity contribution in [2.24, 2.45) is 0 Å². The molecule has 1 fully saturated rings. The molecular weight excluding hydrogens is 256 g/mol. The summed E-state index contributed by atoms with van der Waals surface area (Å²) in [6.45, 7) is 2.20. The normalized spacial score (nSPS) is 18.0. The number of aryl methyl sites for hydroxylation is 1. The summed E-state index contributed by atoms with van der Waals surface area (Å²) in [6.07, 6.45) is 5.24. The summed E-state index contributed by atoms with van der Waals surface area (Å²) in [5.74, 6) is 0. The second-order valence-electron chi connectivity index (χ2n) is 6.27. The molecule has 1 aliphatic carbocycles. The molecule has 1 atom stereocenters. The molecule has 110 valence electrons. The van der Waals surface area contributed by atoms with Crippen LogP contribution in [0.15, 0.2) is 54.6 Å². The van der Waals surface area contributed by atoms with Gasteiger partial charge in [0.25, 0.3) is 0 Å². The van der Waals surface area contributed by atoms with Crippen molar-refractivity contribution in [1.82, 2.24) is 0 Å². The van der Waals surface area contributed by atoms with E-state index in [4.69, 9.17) is 0 Å². The lowest BCUT2D eigenvalue weighted by Crippen LogP contribution is -2.40. The summed E-state index contributed by atoms with van der Waals surface area (Å²) in [6, 6.07) is 19.1. The zero-order chi connectivity index (χ0) is 14.7. The Balaban J connectivity index is 1.87. The molecule has 0 radical (unpaired) electrons. The van der Waals surface area contributed by atoms with Crippen molar-refractivity contribution in [3.05, 3.63) is 71.3 Å². The van der Waals surface area contributed by atoms with Gasteiger partial charge in [0, 0.05) is 5.41 Å². The first-order valence-corrected chi connectivity index (χ1v) is 8.09. The molecule has 0 heterocycles. The maximum atomic E-state index is 11.0. The zero-order valence-corrected chi connectivity index (χ0v) is 12.8. The van der Waals surface area contributed by atoms with Crippen LogP contribution in [0.5, 0.6) is 0 Å². The van der Waals surface area contributed by atoms with Crippen molar-refractivity contribution < 1.29 is 5.11 Å². The van der Waals surface area contributed by atoms with Crippen molar-refractivity contribution in [2.45, 2.75) is 50.5 Å². The van der Waals surface area contributed by atoms with Gasteiger partial charge in [-0.3, -0.25) is 0 Å². The predicted molar refractivity (Wildman–Crippen MR) is 87.4 cm³/mol. The van der Waals surface area contributed by atoms with Gasteiger partial charge in [0.05, 0.1) is 6.10 Å². The molecule has 1 heteroatoms. The molecule has 0 amide bonds. The van der Waals surface area contributed by atoms with E-state index in [0.29, 0.717) is 0 Å². The Labute approximate surface area is 127 Å². The Morgan fingerprint density at radius 2 is 1.67 bits per heavy atom. The zero-order valence-electron chi connectivity index (χ0n) is 12.8. The molecule has 21 heavy (non-hydrogen) atoms. The Kier molecular flexibility index (Phi) is 4.12. The second kappa shape index (κ2) is 6.03. The molecule has 0 aromatic heterocycles. The van der Waals surface area contributed by atoms with Crippen LogP contribution in [-0.2, 0) is 11.8 Å². The van der Waals surface area contributed by atoms with Gasteiger partial charge in [0.15, 0.2) is 0 Å². The quantitative estimate of drug-likeness (QED) is 0.834. The van der Waals surface area contributed by atoms with E-state index in [2.05, 4.69) is 55.5 Å². The summed E-state index contributed by atoms with van der Waals surface area (Å²) in [5.41, 5.74) is 3.61. The number of hydrogen-bond donors (Lipinski definition) is 1. The van der Waals surface area contributed by atoms with Crippen molar-refractivity contribution in [3.8, 4) is 0 Å². The molecule has 1 nitrogen and oxygen atoms in total. The maximum Gasteiger partial charge on any atom is 0.0886 e. The van der Waals surface area contributed by atoms with Crippen LogP contribution in [0.2, 0.25) is 0 Å². The van der Waals surface area contributed by atoms with Crippen LogP contribution in [-0.4, -0.2) is 5.11 Å². The smallest absolute Gasteiger partial charge is 0.0886 e. The van der Waals surface area contributed by atoms with Crippen LogP contribution in [0.25, 0.3) is 0 Å². The molecule has 2 aromatic carbocycles.